The van der Waals surface area contributed by atoms with Crippen LogP contribution in [0.15, 0.2) is 63.8 Å². The van der Waals surface area contributed by atoms with Crippen LogP contribution in [0.2, 0.25) is 0 Å². The van der Waals surface area contributed by atoms with Crippen LogP contribution in [0.1, 0.15) is 43.7 Å². The fraction of sp³-hybridized carbons (Fsp3) is 0.0588. The molecule has 24 heavy (non-hydrogen) atoms. The Balaban J connectivity index is 2.24. The number of hydrogen-bond donors (Lipinski definition) is 3. The molecule has 4 N–H and O–H groups in total. The molecule has 0 radical (unpaired) electrons. The molecular weight excluding hydrogens is 312 g/mol. The number of carbonyl (C=O) groups is 2. The van der Waals surface area contributed by atoms with Crippen LogP contribution in [0.5, 0.6) is 0 Å². The van der Waals surface area contributed by atoms with Crippen molar-refractivity contribution in [3.63, 3.8) is 0 Å². The highest BCUT2D eigenvalue weighted by atomic mass is 16.5. The standard InChI is InChI=1S/C17H14N2O5/c18-16(20)10-5-6-11(17(21)19-22)12(9-10)15(13-3-1-7-23-13)14-4-2-8-24-14/h1-9,15,22H,(H2,18,20)(H,19,21). The van der Waals surface area contributed by atoms with Crippen molar-refractivity contribution in [1.82, 2.24) is 5.48 Å². The molecule has 7 heteroatoms. The molecule has 0 spiro atoms. The van der Waals surface area contributed by atoms with E-state index < -0.39 is 17.7 Å². The molecule has 2 aromatic heterocycles. The lowest BCUT2D eigenvalue weighted by molar-refractivity contribution is 0.0704. The number of primary amides is 1. The summed E-state index contributed by atoms with van der Waals surface area (Å²) in [7, 11) is 0. The van der Waals surface area contributed by atoms with Gasteiger partial charge in [0.05, 0.1) is 12.5 Å². The van der Waals surface area contributed by atoms with Crippen molar-refractivity contribution in [3.05, 3.63) is 83.2 Å². The minimum atomic E-state index is -0.718. The summed E-state index contributed by atoms with van der Waals surface area (Å²) in [5.41, 5.74) is 7.75. The Morgan fingerprint density at radius 1 is 1.04 bits per heavy atom. The molecule has 0 unspecified atom stereocenters. The predicted octanol–water partition coefficient (Wildman–Crippen LogP) is 2.27. The summed E-state index contributed by atoms with van der Waals surface area (Å²) in [6.45, 7) is 0. The topological polar surface area (TPSA) is 119 Å². The first-order valence-corrected chi connectivity index (χ1v) is 7.06. The second kappa shape index (κ2) is 6.43. The van der Waals surface area contributed by atoms with Crippen LogP contribution < -0.4 is 11.2 Å². The molecule has 0 saturated carbocycles. The molecule has 3 rings (SSSR count). The Morgan fingerprint density at radius 2 is 1.67 bits per heavy atom. The zero-order valence-electron chi connectivity index (χ0n) is 12.4. The molecule has 0 aliphatic rings. The van der Waals surface area contributed by atoms with E-state index in [1.54, 1.807) is 29.7 Å². The predicted molar refractivity (Wildman–Crippen MR) is 82.6 cm³/mol. The Labute approximate surface area is 136 Å². The van der Waals surface area contributed by atoms with Crippen LogP contribution in [0, 0.1) is 0 Å². The first-order valence-electron chi connectivity index (χ1n) is 7.06. The average molecular weight is 326 g/mol. The van der Waals surface area contributed by atoms with Gasteiger partial charge in [-0.15, -0.1) is 0 Å². The molecule has 122 valence electrons. The van der Waals surface area contributed by atoms with Gasteiger partial charge < -0.3 is 14.6 Å². The van der Waals surface area contributed by atoms with Crippen molar-refractivity contribution >= 4 is 11.8 Å². The summed E-state index contributed by atoms with van der Waals surface area (Å²) in [5, 5.41) is 9.00. The maximum Gasteiger partial charge on any atom is 0.274 e. The van der Waals surface area contributed by atoms with Crippen molar-refractivity contribution in [2.75, 3.05) is 0 Å². The molecule has 2 heterocycles. The number of furan rings is 2. The first kappa shape index (κ1) is 15.6. The Kier molecular flexibility index (Phi) is 4.17. The lowest BCUT2D eigenvalue weighted by Crippen LogP contribution is -2.22. The van der Waals surface area contributed by atoms with E-state index in [9.17, 15) is 9.59 Å². The molecule has 2 amide bonds. The highest BCUT2D eigenvalue weighted by molar-refractivity contribution is 5.98. The molecule has 0 bridgehead atoms. The third-order valence-electron chi connectivity index (χ3n) is 3.65. The first-order chi connectivity index (χ1) is 11.6. The van der Waals surface area contributed by atoms with Crippen LogP contribution in [0.25, 0.3) is 0 Å². The smallest absolute Gasteiger partial charge is 0.274 e. The van der Waals surface area contributed by atoms with Gasteiger partial charge in [0.2, 0.25) is 5.91 Å². The number of nitrogens with one attached hydrogen (secondary N) is 1. The molecule has 0 fully saturated rings. The lowest BCUT2D eigenvalue weighted by Gasteiger charge is -2.17. The second-order valence-electron chi connectivity index (χ2n) is 5.07. The van der Waals surface area contributed by atoms with Crippen LogP contribution >= 0.6 is 0 Å². The zero-order valence-corrected chi connectivity index (χ0v) is 12.4. The number of amides is 2. The lowest BCUT2D eigenvalue weighted by atomic mass is 9.88. The van der Waals surface area contributed by atoms with Crippen molar-refractivity contribution < 1.29 is 23.6 Å². The van der Waals surface area contributed by atoms with Gasteiger partial charge in [-0.3, -0.25) is 14.8 Å². The average Bonchev–Trinajstić information content (AvgIpc) is 3.28. The summed E-state index contributed by atoms with van der Waals surface area (Å²) < 4.78 is 10.9. The van der Waals surface area contributed by atoms with E-state index in [0.717, 1.165) is 0 Å². The number of nitrogens with two attached hydrogens (primary N) is 1. The second-order valence-corrected chi connectivity index (χ2v) is 5.07. The van der Waals surface area contributed by atoms with Crippen molar-refractivity contribution in [2.45, 2.75) is 5.92 Å². The largest absolute Gasteiger partial charge is 0.468 e. The molecule has 3 aromatic rings. The van der Waals surface area contributed by atoms with E-state index in [4.69, 9.17) is 19.8 Å². The summed E-state index contributed by atoms with van der Waals surface area (Å²) in [4.78, 5) is 23.5. The van der Waals surface area contributed by atoms with Crippen molar-refractivity contribution in [2.24, 2.45) is 5.73 Å². The van der Waals surface area contributed by atoms with Gasteiger partial charge in [0.1, 0.15) is 17.4 Å². The Bertz CT molecular complexity index is 819. The maximum absolute atomic E-state index is 12.0. The van der Waals surface area contributed by atoms with Crippen LogP contribution in [-0.2, 0) is 0 Å². The fourth-order valence-electron chi connectivity index (χ4n) is 2.58. The van der Waals surface area contributed by atoms with Gasteiger partial charge in [-0.1, -0.05) is 0 Å². The highest BCUT2D eigenvalue weighted by Crippen LogP contribution is 2.35. The quantitative estimate of drug-likeness (QED) is 0.491. The van der Waals surface area contributed by atoms with Gasteiger partial charge in [-0.2, -0.15) is 0 Å². The minimum Gasteiger partial charge on any atom is -0.468 e. The third kappa shape index (κ3) is 2.80. The molecule has 1 aromatic carbocycles. The third-order valence-corrected chi connectivity index (χ3v) is 3.65. The number of benzene rings is 1. The van der Waals surface area contributed by atoms with Crippen molar-refractivity contribution in [1.29, 1.82) is 0 Å². The van der Waals surface area contributed by atoms with E-state index in [0.29, 0.717) is 17.1 Å². The van der Waals surface area contributed by atoms with Gasteiger partial charge in [-0.05, 0) is 48.0 Å². The molecule has 0 aliphatic heterocycles. The zero-order chi connectivity index (χ0) is 17.1. The summed E-state index contributed by atoms with van der Waals surface area (Å²) in [6.07, 6.45) is 2.99. The summed E-state index contributed by atoms with van der Waals surface area (Å²) in [6, 6.07) is 11.2. The molecule has 7 nitrogen and oxygen atoms in total. The van der Waals surface area contributed by atoms with Crippen LogP contribution in [0.4, 0.5) is 0 Å². The SMILES string of the molecule is NC(=O)c1ccc(C(=O)NO)c(C(c2ccco2)c2ccco2)c1. The van der Waals surface area contributed by atoms with E-state index in [2.05, 4.69) is 0 Å². The normalized spacial score (nSPS) is 10.8. The fourth-order valence-corrected chi connectivity index (χ4v) is 2.58. The molecular formula is C17H14N2O5. The molecule has 0 aliphatic carbocycles. The van der Waals surface area contributed by atoms with E-state index in [1.165, 1.54) is 30.7 Å². The Morgan fingerprint density at radius 3 is 2.12 bits per heavy atom. The number of rotatable bonds is 5. The van der Waals surface area contributed by atoms with Crippen molar-refractivity contribution in [3.8, 4) is 0 Å². The van der Waals surface area contributed by atoms with Gasteiger partial charge in [-0.25, -0.2) is 5.48 Å². The minimum absolute atomic E-state index is 0.167. The Hall–Kier alpha value is -3.32. The van der Waals surface area contributed by atoms with Gasteiger partial charge in [0.25, 0.3) is 5.91 Å². The van der Waals surface area contributed by atoms with E-state index in [-0.39, 0.29) is 11.1 Å². The molecule has 0 atom stereocenters. The number of hydrogen-bond acceptors (Lipinski definition) is 5. The van der Waals surface area contributed by atoms with Crippen LogP contribution in [0.3, 0.4) is 0 Å². The van der Waals surface area contributed by atoms with Gasteiger partial charge in [0.15, 0.2) is 0 Å². The van der Waals surface area contributed by atoms with E-state index >= 15 is 0 Å². The van der Waals surface area contributed by atoms with Crippen LogP contribution in [-0.4, -0.2) is 17.0 Å². The number of hydroxylamine groups is 1. The summed E-state index contributed by atoms with van der Waals surface area (Å²) >= 11 is 0. The van der Waals surface area contributed by atoms with E-state index in [1.807, 2.05) is 0 Å². The number of carbonyl (C=O) groups excluding carboxylic acids is 2. The van der Waals surface area contributed by atoms with Gasteiger partial charge in [0, 0.05) is 11.1 Å². The molecule has 0 saturated heterocycles. The maximum atomic E-state index is 12.0. The summed E-state index contributed by atoms with van der Waals surface area (Å²) in [5.74, 6) is -0.910. The highest BCUT2D eigenvalue weighted by Gasteiger charge is 2.27. The van der Waals surface area contributed by atoms with Gasteiger partial charge >= 0.3 is 0 Å². The monoisotopic (exact) mass is 326 g/mol.